The Bertz CT molecular complexity index is 735. The fourth-order valence-corrected chi connectivity index (χ4v) is 3.50. The van der Waals surface area contributed by atoms with E-state index in [-0.39, 0.29) is 12.5 Å². The summed E-state index contributed by atoms with van der Waals surface area (Å²) in [5.41, 5.74) is 2.61. The zero-order chi connectivity index (χ0) is 18.4. The van der Waals surface area contributed by atoms with Crippen molar-refractivity contribution >= 4 is 5.97 Å². The molecule has 3 rings (SSSR count). The Balaban J connectivity index is 2.23. The molecule has 2 N–H and O–H groups in total. The zero-order valence-corrected chi connectivity index (χ0v) is 14.8. The number of rotatable bonds is 7. The molecule has 0 fully saturated rings. The van der Waals surface area contributed by atoms with Crippen LogP contribution in [0.25, 0.3) is 0 Å². The summed E-state index contributed by atoms with van der Waals surface area (Å²) in [5.74, 6) is -0.812. The van der Waals surface area contributed by atoms with Crippen LogP contribution in [0.2, 0.25) is 0 Å². The summed E-state index contributed by atoms with van der Waals surface area (Å²) in [6.45, 7) is 1.91. The van der Waals surface area contributed by atoms with E-state index in [1.807, 2.05) is 61.5 Å². The van der Waals surface area contributed by atoms with Gasteiger partial charge in [-0.3, -0.25) is 10.1 Å². The Kier molecular flexibility index (Phi) is 5.49. The van der Waals surface area contributed by atoms with E-state index in [1.54, 1.807) is 0 Å². The van der Waals surface area contributed by atoms with Gasteiger partial charge in [0.2, 0.25) is 0 Å². The first-order valence-corrected chi connectivity index (χ1v) is 8.79. The van der Waals surface area contributed by atoms with Crippen LogP contribution in [-0.2, 0) is 10.3 Å². The first-order chi connectivity index (χ1) is 12.6. The maximum Gasteiger partial charge on any atom is 0.304 e. The molecule has 0 saturated carbocycles. The second kappa shape index (κ2) is 7.98. The van der Waals surface area contributed by atoms with Crippen LogP contribution in [0.3, 0.4) is 0 Å². The normalized spacial score (nSPS) is 12.5. The van der Waals surface area contributed by atoms with E-state index in [2.05, 4.69) is 41.7 Å². The van der Waals surface area contributed by atoms with E-state index in [4.69, 9.17) is 0 Å². The summed E-state index contributed by atoms with van der Waals surface area (Å²) in [7, 11) is 0. The Morgan fingerprint density at radius 2 is 1.15 bits per heavy atom. The van der Waals surface area contributed by atoms with Gasteiger partial charge in [0.15, 0.2) is 0 Å². The topological polar surface area (TPSA) is 49.3 Å². The third kappa shape index (κ3) is 3.68. The largest absolute Gasteiger partial charge is 0.481 e. The molecule has 0 aliphatic carbocycles. The molecular formula is C23H23NO2. The standard InChI is InChI=1S/C23H23NO2/c1-18(17-22(25)26)24-23(19-11-5-2-6-12-19,20-13-7-3-8-14-20)21-15-9-4-10-16-21/h2-16,18,24H,17H2,1H3,(H,25,26)/t18-/m1/s1. The van der Waals surface area contributed by atoms with Crippen LogP contribution >= 0.6 is 0 Å². The molecule has 26 heavy (non-hydrogen) atoms. The van der Waals surface area contributed by atoms with Gasteiger partial charge in [0.1, 0.15) is 0 Å². The molecule has 1 atom stereocenters. The van der Waals surface area contributed by atoms with Crippen molar-refractivity contribution in [3.8, 4) is 0 Å². The lowest BCUT2D eigenvalue weighted by Crippen LogP contribution is -2.49. The van der Waals surface area contributed by atoms with E-state index in [0.717, 1.165) is 16.7 Å². The zero-order valence-electron chi connectivity index (χ0n) is 14.8. The minimum absolute atomic E-state index is 0.0499. The monoisotopic (exact) mass is 345 g/mol. The molecule has 0 heterocycles. The highest BCUT2D eigenvalue weighted by atomic mass is 16.4. The van der Waals surface area contributed by atoms with Crippen LogP contribution in [-0.4, -0.2) is 17.1 Å². The number of nitrogens with one attached hydrogen (secondary N) is 1. The van der Waals surface area contributed by atoms with Crippen LogP contribution in [0.4, 0.5) is 0 Å². The molecular weight excluding hydrogens is 322 g/mol. The van der Waals surface area contributed by atoms with Gasteiger partial charge < -0.3 is 5.11 Å². The maximum absolute atomic E-state index is 11.3. The first-order valence-electron chi connectivity index (χ1n) is 8.79. The van der Waals surface area contributed by atoms with Crippen molar-refractivity contribution in [1.82, 2.24) is 5.32 Å². The summed E-state index contributed by atoms with van der Waals surface area (Å²) in [5, 5.41) is 12.9. The minimum atomic E-state index is -0.812. The fourth-order valence-electron chi connectivity index (χ4n) is 3.50. The lowest BCUT2D eigenvalue weighted by Gasteiger charge is -2.39. The molecule has 0 radical (unpaired) electrons. The highest BCUT2D eigenvalue weighted by Crippen LogP contribution is 2.37. The number of hydrogen-bond acceptors (Lipinski definition) is 2. The Labute approximate surface area is 154 Å². The molecule has 0 amide bonds. The predicted molar refractivity (Wildman–Crippen MR) is 104 cm³/mol. The molecule has 3 heteroatoms. The van der Waals surface area contributed by atoms with Crippen molar-refractivity contribution in [1.29, 1.82) is 0 Å². The molecule has 3 aromatic carbocycles. The summed E-state index contributed by atoms with van der Waals surface area (Å²) >= 11 is 0. The van der Waals surface area contributed by atoms with E-state index >= 15 is 0 Å². The molecule has 0 aliphatic heterocycles. The van der Waals surface area contributed by atoms with Gasteiger partial charge in [-0.1, -0.05) is 91.0 Å². The third-order valence-corrected chi connectivity index (χ3v) is 4.56. The number of hydrogen-bond donors (Lipinski definition) is 2. The summed E-state index contributed by atoms with van der Waals surface area (Å²) in [4.78, 5) is 11.3. The molecule has 0 aliphatic rings. The quantitative estimate of drug-likeness (QED) is 0.623. The van der Waals surface area contributed by atoms with Gasteiger partial charge in [0.25, 0.3) is 0 Å². The van der Waals surface area contributed by atoms with Crippen LogP contribution in [0.1, 0.15) is 30.0 Å². The average molecular weight is 345 g/mol. The summed E-state index contributed by atoms with van der Waals surface area (Å²) < 4.78 is 0. The lowest BCUT2D eigenvalue weighted by molar-refractivity contribution is -0.137. The molecule has 0 unspecified atom stereocenters. The number of aliphatic carboxylic acids is 1. The highest BCUT2D eigenvalue weighted by Gasteiger charge is 2.37. The minimum Gasteiger partial charge on any atom is -0.481 e. The van der Waals surface area contributed by atoms with Crippen molar-refractivity contribution in [2.24, 2.45) is 0 Å². The SMILES string of the molecule is C[C@H](CC(=O)O)NC(c1ccccc1)(c1ccccc1)c1ccccc1. The van der Waals surface area contributed by atoms with Crippen molar-refractivity contribution in [3.05, 3.63) is 108 Å². The van der Waals surface area contributed by atoms with Crippen molar-refractivity contribution < 1.29 is 9.90 Å². The second-order valence-electron chi connectivity index (χ2n) is 6.49. The number of carboxylic acid groups (broad SMARTS) is 1. The van der Waals surface area contributed by atoms with Gasteiger partial charge in [-0.2, -0.15) is 0 Å². The lowest BCUT2D eigenvalue weighted by atomic mass is 9.76. The van der Waals surface area contributed by atoms with E-state index in [9.17, 15) is 9.90 Å². The van der Waals surface area contributed by atoms with Gasteiger partial charge in [-0.05, 0) is 23.6 Å². The van der Waals surface area contributed by atoms with Crippen LogP contribution in [0.5, 0.6) is 0 Å². The van der Waals surface area contributed by atoms with Crippen molar-refractivity contribution in [2.45, 2.75) is 24.9 Å². The van der Waals surface area contributed by atoms with Crippen LogP contribution in [0.15, 0.2) is 91.0 Å². The smallest absolute Gasteiger partial charge is 0.304 e. The third-order valence-electron chi connectivity index (χ3n) is 4.56. The van der Waals surface area contributed by atoms with Gasteiger partial charge >= 0.3 is 5.97 Å². The van der Waals surface area contributed by atoms with E-state index in [0.29, 0.717) is 0 Å². The van der Waals surface area contributed by atoms with Gasteiger partial charge in [0, 0.05) is 6.04 Å². The fraction of sp³-hybridized carbons (Fsp3) is 0.174. The summed E-state index contributed by atoms with van der Waals surface area (Å²) in [6.07, 6.45) is 0.0499. The molecule has 0 saturated heterocycles. The Morgan fingerprint density at radius 1 is 0.808 bits per heavy atom. The number of carboxylic acids is 1. The van der Waals surface area contributed by atoms with Gasteiger partial charge in [0.05, 0.1) is 12.0 Å². The second-order valence-corrected chi connectivity index (χ2v) is 6.49. The molecule has 3 nitrogen and oxygen atoms in total. The average Bonchev–Trinajstić information content (AvgIpc) is 2.67. The summed E-state index contributed by atoms with van der Waals surface area (Å²) in [6, 6.07) is 30.3. The van der Waals surface area contributed by atoms with E-state index in [1.165, 1.54) is 0 Å². The number of benzene rings is 3. The Hall–Kier alpha value is -2.91. The van der Waals surface area contributed by atoms with Gasteiger partial charge in [-0.15, -0.1) is 0 Å². The van der Waals surface area contributed by atoms with E-state index < -0.39 is 11.5 Å². The predicted octanol–water partition coefficient (Wildman–Crippen LogP) is 4.43. The molecule has 0 spiro atoms. The Morgan fingerprint density at radius 3 is 1.46 bits per heavy atom. The van der Waals surface area contributed by atoms with Crippen molar-refractivity contribution in [2.75, 3.05) is 0 Å². The van der Waals surface area contributed by atoms with Crippen molar-refractivity contribution in [3.63, 3.8) is 0 Å². The molecule has 3 aromatic rings. The highest BCUT2D eigenvalue weighted by molar-refractivity contribution is 5.67. The molecule has 0 bridgehead atoms. The van der Waals surface area contributed by atoms with Crippen LogP contribution in [0, 0.1) is 0 Å². The van der Waals surface area contributed by atoms with Crippen LogP contribution < -0.4 is 5.32 Å². The molecule has 0 aromatic heterocycles. The van der Waals surface area contributed by atoms with Gasteiger partial charge in [-0.25, -0.2) is 0 Å². The first kappa shape index (κ1) is 17.9. The number of carbonyl (C=O) groups is 1. The molecule has 132 valence electrons. The maximum atomic E-state index is 11.3.